The van der Waals surface area contributed by atoms with Gasteiger partial charge in [0.1, 0.15) is 5.75 Å². The first kappa shape index (κ1) is 9.01. The number of carbonyl (C=O) groups excluding carboxylic acids is 1. The molecule has 0 saturated carbocycles. The second kappa shape index (κ2) is 3.55. The lowest BCUT2D eigenvalue weighted by molar-refractivity contribution is 0.0832. The zero-order valence-electron chi connectivity index (χ0n) is 6.98. The van der Waals surface area contributed by atoms with Gasteiger partial charge in [0.25, 0.3) is 5.91 Å². The molecule has 0 radical (unpaired) electrons. The van der Waals surface area contributed by atoms with Gasteiger partial charge < -0.3 is 10.0 Å². The molecule has 0 fully saturated rings. The number of nitrogens with zero attached hydrogens (tertiary/aromatic N) is 1. The maximum Gasteiger partial charge on any atom is 0.257 e. The van der Waals surface area contributed by atoms with Crippen molar-refractivity contribution in [1.82, 2.24) is 4.90 Å². The van der Waals surface area contributed by atoms with E-state index in [9.17, 15) is 4.79 Å². The quantitative estimate of drug-likeness (QED) is 0.719. The van der Waals surface area contributed by atoms with Crippen LogP contribution in [0.5, 0.6) is 5.75 Å². The summed E-state index contributed by atoms with van der Waals surface area (Å²) in [7, 11) is 4.16. The number of hydrogen-bond acceptors (Lipinski definition) is 2. The van der Waals surface area contributed by atoms with Crippen LogP contribution in [0.2, 0.25) is 0 Å². The van der Waals surface area contributed by atoms with Gasteiger partial charge in [-0.15, -0.1) is 0 Å². The molecule has 0 bridgehead atoms. The first-order valence-electron chi connectivity index (χ1n) is 3.48. The first-order valence-corrected chi connectivity index (χ1v) is 4.44. The Kier molecular flexibility index (Phi) is 2.66. The standard InChI is InChI=1S/C8H10NO2P/c1-9(2)8(11)7-4-3-6(10)5-12-7/h3-5,10H,1-2H3. The summed E-state index contributed by atoms with van der Waals surface area (Å²) < 4.78 is 0. The Morgan fingerprint density at radius 2 is 2.17 bits per heavy atom. The molecule has 1 aromatic heterocycles. The summed E-state index contributed by atoms with van der Waals surface area (Å²) in [5, 5.41) is 9.65. The van der Waals surface area contributed by atoms with Crippen LogP contribution in [-0.4, -0.2) is 30.0 Å². The fraction of sp³-hybridized carbons (Fsp3) is 0.250. The molecule has 0 spiro atoms. The van der Waals surface area contributed by atoms with Crippen LogP contribution in [0, 0.1) is 0 Å². The van der Waals surface area contributed by atoms with Crippen molar-refractivity contribution in [1.29, 1.82) is 0 Å². The van der Waals surface area contributed by atoms with Crippen LogP contribution < -0.4 is 0 Å². The van der Waals surface area contributed by atoms with Gasteiger partial charge in [0.2, 0.25) is 0 Å². The van der Waals surface area contributed by atoms with Crippen LogP contribution in [0.15, 0.2) is 17.9 Å². The molecule has 3 nitrogen and oxygen atoms in total. The van der Waals surface area contributed by atoms with E-state index in [-0.39, 0.29) is 11.7 Å². The molecule has 0 aliphatic rings. The smallest absolute Gasteiger partial charge is 0.257 e. The van der Waals surface area contributed by atoms with Crippen molar-refractivity contribution < 1.29 is 9.90 Å². The maximum atomic E-state index is 11.3. The highest BCUT2D eigenvalue weighted by molar-refractivity contribution is 7.31. The molecule has 0 aromatic carbocycles. The Balaban J connectivity index is 2.90. The third-order valence-corrected chi connectivity index (χ3v) is 2.39. The Hall–Kier alpha value is -1.08. The minimum atomic E-state index is -0.0170. The summed E-state index contributed by atoms with van der Waals surface area (Å²) in [5.74, 6) is 1.79. The van der Waals surface area contributed by atoms with Crippen LogP contribution in [-0.2, 0) is 0 Å². The average molecular weight is 183 g/mol. The molecule has 1 N–H and O–H groups in total. The Morgan fingerprint density at radius 3 is 2.58 bits per heavy atom. The van der Waals surface area contributed by atoms with Crippen LogP contribution in [0.1, 0.15) is 10.1 Å². The summed E-state index contributed by atoms with van der Waals surface area (Å²) in [6.45, 7) is 0. The topological polar surface area (TPSA) is 40.5 Å². The third-order valence-electron chi connectivity index (χ3n) is 1.37. The van der Waals surface area contributed by atoms with Crippen LogP contribution in [0.4, 0.5) is 0 Å². The van der Waals surface area contributed by atoms with E-state index in [1.54, 1.807) is 26.0 Å². The van der Waals surface area contributed by atoms with Gasteiger partial charge in [0.05, 0.1) is 5.30 Å². The van der Waals surface area contributed by atoms with E-state index >= 15 is 0 Å². The second-order valence-electron chi connectivity index (χ2n) is 2.60. The van der Waals surface area contributed by atoms with Gasteiger partial charge in [-0.2, -0.15) is 0 Å². The summed E-state index contributed by atoms with van der Waals surface area (Å²) in [6, 6.07) is 3.16. The Labute approximate surface area is 72.7 Å². The van der Waals surface area contributed by atoms with Crippen molar-refractivity contribution in [3.63, 3.8) is 0 Å². The van der Waals surface area contributed by atoms with E-state index < -0.39 is 0 Å². The molecule has 0 aliphatic carbocycles. The fourth-order valence-electron chi connectivity index (χ4n) is 0.742. The number of aromatic hydroxyl groups is 1. The molecule has 0 saturated heterocycles. The third kappa shape index (κ3) is 1.95. The molecule has 1 heterocycles. The minimum Gasteiger partial charge on any atom is -0.508 e. The molecule has 4 heteroatoms. The monoisotopic (exact) mass is 183 g/mol. The van der Waals surface area contributed by atoms with Gasteiger partial charge in [-0.25, -0.2) is 0 Å². The summed E-state index contributed by atoms with van der Waals surface area (Å²) in [5.41, 5.74) is 0. The molecule has 12 heavy (non-hydrogen) atoms. The van der Waals surface area contributed by atoms with E-state index in [0.717, 1.165) is 8.19 Å². The highest BCUT2D eigenvalue weighted by Crippen LogP contribution is 2.21. The Bertz CT molecular complexity index is 282. The summed E-state index contributed by atoms with van der Waals surface area (Å²) in [6.07, 6.45) is 0. The lowest BCUT2D eigenvalue weighted by Crippen LogP contribution is -2.20. The van der Waals surface area contributed by atoms with Crippen molar-refractivity contribution in [2.45, 2.75) is 0 Å². The molecule has 1 rings (SSSR count). The van der Waals surface area contributed by atoms with E-state index in [1.807, 2.05) is 0 Å². The lowest BCUT2D eigenvalue weighted by Gasteiger charge is -2.08. The zero-order valence-corrected chi connectivity index (χ0v) is 7.88. The molecule has 0 unspecified atom stereocenters. The maximum absolute atomic E-state index is 11.3. The molecule has 1 aromatic rings. The number of amides is 1. The molecule has 0 atom stereocenters. The van der Waals surface area contributed by atoms with Gasteiger partial charge >= 0.3 is 0 Å². The zero-order chi connectivity index (χ0) is 9.14. The molecular weight excluding hydrogens is 173 g/mol. The van der Waals surface area contributed by atoms with E-state index in [2.05, 4.69) is 0 Å². The van der Waals surface area contributed by atoms with Crippen molar-refractivity contribution in [3.8, 4) is 5.75 Å². The predicted molar refractivity (Wildman–Crippen MR) is 48.6 cm³/mol. The molecule has 64 valence electrons. The molecular formula is C8H10NO2P. The van der Waals surface area contributed by atoms with Gasteiger partial charge in [-0.05, 0) is 12.1 Å². The first-order chi connectivity index (χ1) is 5.61. The van der Waals surface area contributed by atoms with Crippen LogP contribution in [0.3, 0.4) is 0 Å². The molecule has 1 amide bonds. The number of hydrogen-bond donors (Lipinski definition) is 1. The predicted octanol–water partition coefficient (Wildman–Crippen LogP) is 1.67. The highest BCUT2D eigenvalue weighted by Gasteiger charge is 2.06. The fourth-order valence-corrected chi connectivity index (χ4v) is 1.57. The van der Waals surface area contributed by atoms with Gasteiger partial charge in [-0.3, -0.25) is 4.79 Å². The normalized spacial score (nSPS) is 10.2. The van der Waals surface area contributed by atoms with Gasteiger partial charge in [-0.1, -0.05) is 8.19 Å². The van der Waals surface area contributed by atoms with E-state index in [4.69, 9.17) is 5.11 Å². The number of rotatable bonds is 1. The van der Waals surface area contributed by atoms with Crippen LogP contribution in [0.25, 0.3) is 0 Å². The summed E-state index contributed by atoms with van der Waals surface area (Å²) >= 11 is 0. The highest BCUT2D eigenvalue weighted by atomic mass is 31.0. The second-order valence-corrected chi connectivity index (χ2v) is 3.60. The van der Waals surface area contributed by atoms with E-state index in [1.165, 1.54) is 11.0 Å². The van der Waals surface area contributed by atoms with Gasteiger partial charge in [0.15, 0.2) is 0 Å². The van der Waals surface area contributed by atoms with E-state index in [0.29, 0.717) is 5.30 Å². The number of carbonyl (C=O) groups is 1. The van der Waals surface area contributed by atoms with Crippen molar-refractivity contribution in [3.05, 3.63) is 23.2 Å². The SMILES string of the molecule is CN(C)C(=O)c1ccc(O)cp1. The Morgan fingerprint density at radius 1 is 1.50 bits per heavy atom. The van der Waals surface area contributed by atoms with Crippen molar-refractivity contribution in [2.24, 2.45) is 0 Å². The molecule has 0 aliphatic heterocycles. The average Bonchev–Trinajstić information content (AvgIpc) is 2.04. The van der Waals surface area contributed by atoms with Gasteiger partial charge in [0, 0.05) is 19.9 Å². The largest absolute Gasteiger partial charge is 0.508 e. The van der Waals surface area contributed by atoms with Crippen LogP contribution >= 0.6 is 8.19 Å². The summed E-state index contributed by atoms with van der Waals surface area (Å²) in [4.78, 5) is 12.8. The lowest BCUT2D eigenvalue weighted by atomic mass is 10.4. The minimum absolute atomic E-state index is 0.0170. The van der Waals surface area contributed by atoms with Crippen molar-refractivity contribution in [2.75, 3.05) is 14.1 Å². The van der Waals surface area contributed by atoms with Crippen molar-refractivity contribution >= 4 is 14.1 Å².